The maximum Gasteiger partial charge on any atom is 0.547 e. The second-order valence-corrected chi connectivity index (χ2v) is 14.4. The summed E-state index contributed by atoms with van der Waals surface area (Å²) < 4.78 is 60.3. The van der Waals surface area contributed by atoms with E-state index in [2.05, 4.69) is 20.9 Å². The van der Waals surface area contributed by atoms with E-state index in [4.69, 9.17) is 16.3 Å². The first-order valence-electron chi connectivity index (χ1n) is 14.9. The van der Waals surface area contributed by atoms with Gasteiger partial charge in [-0.3, -0.25) is 9.59 Å². The Bertz CT molecular complexity index is 2060. The second kappa shape index (κ2) is 15.2. The predicted molar refractivity (Wildman–Crippen MR) is 175 cm³/mol. The van der Waals surface area contributed by atoms with Gasteiger partial charge in [0.05, 0.1) is 29.8 Å². The van der Waals surface area contributed by atoms with E-state index in [-0.39, 0.29) is 30.0 Å². The summed E-state index contributed by atoms with van der Waals surface area (Å²) in [6.45, 7) is -1.08. The molecule has 276 valence electrons. The molecule has 1 saturated heterocycles. The number of aromatic carboxylic acids is 1. The van der Waals surface area contributed by atoms with Crippen molar-refractivity contribution in [2.24, 2.45) is 0 Å². The van der Waals surface area contributed by atoms with E-state index in [1.165, 1.54) is 6.20 Å². The number of benzene rings is 2. The lowest BCUT2D eigenvalue weighted by atomic mass is 9.72. The quantitative estimate of drug-likeness (QED) is 0.0813. The van der Waals surface area contributed by atoms with Crippen LogP contribution in [-0.2, 0) is 21.2 Å². The number of carboxylic acid groups (broad SMARTS) is 1. The van der Waals surface area contributed by atoms with Crippen LogP contribution in [0.2, 0.25) is 5.02 Å². The molecule has 2 aliphatic rings. The number of hydrogen-bond acceptors (Lipinski definition) is 13. The number of halogens is 3. The third-order valence-electron chi connectivity index (χ3n) is 7.83. The Balaban J connectivity index is 1.32. The fourth-order valence-corrected chi connectivity index (χ4v) is 7.52. The summed E-state index contributed by atoms with van der Waals surface area (Å²) in [5.74, 6) is -11.2. The molecule has 1 fully saturated rings. The van der Waals surface area contributed by atoms with Crippen LogP contribution in [0.15, 0.2) is 29.8 Å². The molecule has 5 rings (SSSR count). The average Bonchev–Trinajstić information content (AvgIpc) is 3.77. The molecule has 18 nitrogen and oxygen atoms in total. The molecule has 2 aliphatic heterocycles. The molecule has 0 saturated carbocycles. The van der Waals surface area contributed by atoms with Crippen LogP contribution in [0.1, 0.15) is 43.7 Å². The number of carboxylic acids is 1. The molecule has 52 heavy (non-hydrogen) atoms. The van der Waals surface area contributed by atoms with Gasteiger partial charge in [-0.05, 0) is 30.5 Å². The minimum atomic E-state index is -4.32. The molecule has 0 radical (unpaired) electrons. The lowest BCUT2D eigenvalue weighted by Gasteiger charge is -2.31. The molecular weight excluding hydrogens is 761 g/mol. The van der Waals surface area contributed by atoms with Gasteiger partial charge in [-0.15, -0.1) is 11.3 Å². The van der Waals surface area contributed by atoms with E-state index in [9.17, 15) is 61.5 Å². The predicted octanol–water partition coefficient (Wildman–Crippen LogP) is 0.962. The highest BCUT2D eigenvalue weighted by Crippen LogP contribution is 2.41. The number of fused-ring (bicyclic) bond motifs is 1. The largest absolute Gasteiger partial charge is 0.547 e. The Morgan fingerprint density at radius 2 is 1.88 bits per heavy atom. The zero-order valence-corrected chi connectivity index (χ0v) is 28.6. The number of amides is 6. The fraction of sp³-hybridized carbons (Fsp3) is 0.286. The lowest BCUT2D eigenvalue weighted by molar-refractivity contribution is -0.123. The number of carbonyl (C=O) groups excluding carboxylic acids is 4. The van der Waals surface area contributed by atoms with Crippen molar-refractivity contribution in [2.45, 2.75) is 24.8 Å². The number of nitrogens with one attached hydrogen (secondary N) is 3. The monoisotopic (exact) mass is 786 g/mol. The smallest absolute Gasteiger partial charge is 0.534 e. The van der Waals surface area contributed by atoms with Crippen molar-refractivity contribution in [1.82, 2.24) is 30.1 Å². The van der Waals surface area contributed by atoms with Gasteiger partial charge in [0.25, 0.3) is 5.91 Å². The van der Waals surface area contributed by atoms with Crippen molar-refractivity contribution in [1.29, 1.82) is 0 Å². The first-order valence-corrected chi connectivity index (χ1v) is 17.8. The number of rotatable bonds is 11. The Morgan fingerprint density at radius 3 is 2.56 bits per heavy atom. The van der Waals surface area contributed by atoms with Gasteiger partial charge in [0.2, 0.25) is 15.9 Å². The SMILES string of the molecule is O=C(NCCCS(=O)(=O)N1CCN(C(=O)NC(C(=O)N[C@H]2Cc3ccc(F)c(C(=O)O)c3OB2O)c2cc(F)c(O)c(O)c2Cl)C1=O)c1nccs1. The zero-order valence-electron chi connectivity index (χ0n) is 26.2. The van der Waals surface area contributed by atoms with Gasteiger partial charge in [0.1, 0.15) is 23.2 Å². The standard InChI is InChI=1S/C28H26BClF2N6O12S2/c30-18-13(11-15(32)20(39)21(18)40)19(23(41)35-16-10-12-2-3-14(31)17(26(43)44)22(12)50-29(16)47)36-27(45)37-6-7-38(28(37)46)52(48,49)9-1-4-33-24(42)25-34-5-8-51-25/h2-3,5,8,11,16,19,39-40,47H,1,4,6-7,9-10H2,(H,33,42)(H,35,41)(H,36,45)(H,43,44)/t16-,19?/m0/s1. The number of imide groups is 1. The highest BCUT2D eigenvalue weighted by atomic mass is 35.5. The summed E-state index contributed by atoms with van der Waals surface area (Å²) in [6.07, 6.45) is 0.957. The summed E-state index contributed by atoms with van der Waals surface area (Å²) in [5, 5.41) is 47.8. The Morgan fingerprint density at radius 1 is 1.15 bits per heavy atom. The number of thiazole rings is 1. The minimum Gasteiger partial charge on any atom is -0.534 e. The molecule has 0 bridgehead atoms. The molecule has 6 amide bonds. The fourth-order valence-electron chi connectivity index (χ4n) is 5.28. The normalized spacial score (nSPS) is 16.2. The number of nitrogens with zero attached hydrogens (tertiary/aromatic N) is 3. The number of phenolic OH excluding ortho intramolecular Hbond substituents is 2. The number of aromatic hydroxyl groups is 2. The second-order valence-electron chi connectivity index (χ2n) is 11.2. The van der Waals surface area contributed by atoms with Crippen LogP contribution in [0, 0.1) is 11.6 Å². The Hall–Kier alpha value is -5.26. The van der Waals surface area contributed by atoms with Gasteiger partial charge >= 0.3 is 25.1 Å². The first kappa shape index (κ1) is 38.0. The average molecular weight is 787 g/mol. The van der Waals surface area contributed by atoms with Crippen LogP contribution >= 0.6 is 22.9 Å². The molecule has 2 aromatic carbocycles. The molecule has 0 aliphatic carbocycles. The van der Waals surface area contributed by atoms with E-state index >= 15 is 0 Å². The number of urea groups is 2. The van der Waals surface area contributed by atoms with E-state index in [1.54, 1.807) is 5.38 Å². The maximum absolute atomic E-state index is 14.6. The third-order valence-corrected chi connectivity index (χ3v) is 10.8. The summed E-state index contributed by atoms with van der Waals surface area (Å²) in [4.78, 5) is 68.0. The molecule has 0 spiro atoms. The van der Waals surface area contributed by atoms with Crippen molar-refractivity contribution in [3.05, 3.63) is 68.1 Å². The van der Waals surface area contributed by atoms with Crippen LogP contribution in [0.5, 0.6) is 17.2 Å². The van der Waals surface area contributed by atoms with Crippen LogP contribution in [-0.4, -0.2) is 111 Å². The zero-order chi connectivity index (χ0) is 38.1. The lowest BCUT2D eigenvalue weighted by Crippen LogP contribution is -2.56. The van der Waals surface area contributed by atoms with Gasteiger partial charge in [-0.2, -0.15) is 0 Å². The van der Waals surface area contributed by atoms with Crippen LogP contribution < -0.4 is 20.6 Å². The maximum atomic E-state index is 14.6. The van der Waals surface area contributed by atoms with E-state index < -0.39 is 123 Å². The van der Waals surface area contributed by atoms with Gasteiger partial charge in [-0.25, -0.2) is 45.8 Å². The topological polar surface area (TPSA) is 265 Å². The molecular formula is C28H26BClF2N6O12S2. The summed E-state index contributed by atoms with van der Waals surface area (Å²) >= 11 is 7.18. The Kier molecular flexibility index (Phi) is 11.1. The molecule has 24 heteroatoms. The Labute approximate surface area is 301 Å². The van der Waals surface area contributed by atoms with Crippen molar-refractivity contribution in [2.75, 3.05) is 25.4 Å². The highest BCUT2D eigenvalue weighted by molar-refractivity contribution is 7.89. The van der Waals surface area contributed by atoms with E-state index in [0.717, 1.165) is 23.5 Å². The third kappa shape index (κ3) is 7.66. The van der Waals surface area contributed by atoms with Gasteiger partial charge in [-0.1, -0.05) is 17.7 Å². The first-order chi connectivity index (χ1) is 24.5. The van der Waals surface area contributed by atoms with E-state index in [1.807, 2.05) is 0 Å². The van der Waals surface area contributed by atoms with Gasteiger partial charge in [0.15, 0.2) is 22.3 Å². The summed E-state index contributed by atoms with van der Waals surface area (Å²) in [6, 6.07) is -2.34. The van der Waals surface area contributed by atoms with E-state index in [0.29, 0.717) is 15.3 Å². The molecule has 3 heterocycles. The molecule has 7 N–H and O–H groups in total. The van der Waals surface area contributed by atoms with Crippen LogP contribution in [0.4, 0.5) is 18.4 Å². The van der Waals surface area contributed by atoms with Crippen molar-refractivity contribution in [3.8, 4) is 17.2 Å². The van der Waals surface area contributed by atoms with Crippen LogP contribution in [0.3, 0.4) is 0 Å². The van der Waals surface area contributed by atoms with Gasteiger partial charge in [0, 0.05) is 23.7 Å². The molecule has 2 atom stereocenters. The number of carbonyl (C=O) groups is 5. The minimum absolute atomic E-state index is 0.0483. The summed E-state index contributed by atoms with van der Waals surface area (Å²) in [7, 11) is -6.32. The molecule has 1 aromatic heterocycles. The number of hydrogen-bond donors (Lipinski definition) is 7. The van der Waals surface area contributed by atoms with Gasteiger partial charge < -0.3 is 40.9 Å². The van der Waals surface area contributed by atoms with Crippen molar-refractivity contribution in [3.63, 3.8) is 0 Å². The molecule has 1 unspecified atom stereocenters. The van der Waals surface area contributed by atoms with Crippen LogP contribution in [0.25, 0.3) is 0 Å². The van der Waals surface area contributed by atoms with Crippen molar-refractivity contribution >= 4 is 69.9 Å². The summed E-state index contributed by atoms with van der Waals surface area (Å²) in [5.41, 5.74) is -1.48. The van der Waals surface area contributed by atoms with Crippen molar-refractivity contribution < 1.29 is 66.2 Å². The highest BCUT2D eigenvalue weighted by Gasteiger charge is 2.43. The number of aromatic nitrogens is 1. The number of phenols is 2. The molecule has 3 aromatic rings. The number of sulfonamides is 1.